The highest BCUT2D eigenvalue weighted by Crippen LogP contribution is 2.22. The molecule has 0 aliphatic rings. The Bertz CT molecular complexity index is 663. The van der Waals surface area contributed by atoms with E-state index in [9.17, 15) is 9.59 Å². The molecule has 5 heteroatoms. The van der Waals surface area contributed by atoms with Crippen LogP contribution in [-0.2, 0) is 14.3 Å². The summed E-state index contributed by atoms with van der Waals surface area (Å²) in [6.45, 7) is 11.4. The summed E-state index contributed by atoms with van der Waals surface area (Å²) in [6.07, 6.45) is 13.7. The molecule has 1 unspecified atom stereocenters. The van der Waals surface area contributed by atoms with Gasteiger partial charge < -0.3 is 14.8 Å². The Hall–Kier alpha value is -2.04. The highest BCUT2D eigenvalue weighted by atomic mass is 16.6. The lowest BCUT2D eigenvalue weighted by Crippen LogP contribution is -2.26. The van der Waals surface area contributed by atoms with Gasteiger partial charge in [0, 0.05) is 12.2 Å². The number of unbranched alkanes of at least 4 members (excludes halogenated alkanes) is 9. The van der Waals surface area contributed by atoms with Gasteiger partial charge >= 0.3 is 11.9 Å². The van der Waals surface area contributed by atoms with Gasteiger partial charge in [-0.1, -0.05) is 78.6 Å². The van der Waals surface area contributed by atoms with E-state index < -0.39 is 18.0 Å². The molecule has 0 spiro atoms. The van der Waals surface area contributed by atoms with Crippen LogP contribution in [0.25, 0.3) is 0 Å². The molecule has 0 saturated carbocycles. The zero-order valence-corrected chi connectivity index (χ0v) is 21.7. The van der Waals surface area contributed by atoms with Crippen LogP contribution in [0.3, 0.4) is 0 Å². The minimum absolute atomic E-state index is 0.263. The van der Waals surface area contributed by atoms with Gasteiger partial charge in [-0.05, 0) is 56.4 Å². The highest BCUT2D eigenvalue weighted by molar-refractivity contribution is 5.91. The number of benzene rings is 1. The van der Waals surface area contributed by atoms with Crippen LogP contribution in [0.4, 0.5) is 5.69 Å². The molecule has 1 N–H and O–H groups in total. The van der Waals surface area contributed by atoms with E-state index in [1.165, 1.54) is 71.1 Å². The molecule has 1 atom stereocenters. The van der Waals surface area contributed by atoms with Crippen molar-refractivity contribution in [2.24, 2.45) is 5.41 Å². The second-order valence-electron chi connectivity index (χ2n) is 10.1. The third-order valence-electron chi connectivity index (χ3n) is 5.71. The minimum Gasteiger partial charge on any atom is -0.463 e. The molecule has 0 aliphatic heterocycles. The third-order valence-corrected chi connectivity index (χ3v) is 5.71. The number of hydrogen-bond acceptors (Lipinski definition) is 5. The molecular formula is C28H47NO4. The second kappa shape index (κ2) is 16.6. The Balaban J connectivity index is 2.05. The quantitative estimate of drug-likeness (QED) is 0.192. The number of nitrogens with one attached hydrogen (secondary N) is 1. The zero-order chi connectivity index (χ0) is 24.5. The maximum Gasteiger partial charge on any atom is 0.347 e. The molecule has 1 aromatic carbocycles. The molecule has 0 saturated heterocycles. The van der Waals surface area contributed by atoms with Crippen molar-refractivity contribution >= 4 is 17.6 Å². The monoisotopic (exact) mass is 461 g/mol. The number of ether oxygens (including phenoxy) is 2. The van der Waals surface area contributed by atoms with Gasteiger partial charge in [-0.3, -0.25) is 0 Å². The molecular weight excluding hydrogens is 414 g/mol. The number of carbonyl (C=O) groups is 2. The first kappa shape index (κ1) is 29.0. The van der Waals surface area contributed by atoms with Gasteiger partial charge in [-0.2, -0.15) is 0 Å². The van der Waals surface area contributed by atoms with Crippen molar-refractivity contribution in [1.82, 2.24) is 0 Å². The van der Waals surface area contributed by atoms with Crippen LogP contribution >= 0.6 is 0 Å². The molecule has 0 amide bonds. The number of anilines is 1. The van der Waals surface area contributed by atoms with Crippen LogP contribution in [0.2, 0.25) is 0 Å². The van der Waals surface area contributed by atoms with Crippen molar-refractivity contribution in [2.45, 2.75) is 111 Å². The van der Waals surface area contributed by atoms with E-state index in [0.717, 1.165) is 18.7 Å². The van der Waals surface area contributed by atoms with E-state index in [1.807, 2.05) is 12.1 Å². The average Bonchev–Trinajstić information content (AvgIpc) is 2.76. The summed E-state index contributed by atoms with van der Waals surface area (Å²) in [7, 11) is 0. The summed E-state index contributed by atoms with van der Waals surface area (Å²) in [5.41, 5.74) is 1.89. The fourth-order valence-corrected chi connectivity index (χ4v) is 3.69. The summed E-state index contributed by atoms with van der Waals surface area (Å²) in [6, 6.07) is 7.16. The fourth-order valence-electron chi connectivity index (χ4n) is 3.69. The Kier molecular flexibility index (Phi) is 14.5. The lowest BCUT2D eigenvalue weighted by atomic mass is 9.89. The number of carbonyl (C=O) groups excluding carboxylic acids is 2. The van der Waals surface area contributed by atoms with E-state index in [-0.39, 0.29) is 6.61 Å². The molecule has 0 heterocycles. The Morgan fingerprint density at radius 3 is 1.88 bits per heavy atom. The second-order valence-corrected chi connectivity index (χ2v) is 10.1. The van der Waals surface area contributed by atoms with E-state index in [0.29, 0.717) is 11.0 Å². The molecule has 188 valence electrons. The molecule has 0 aliphatic carbocycles. The van der Waals surface area contributed by atoms with Crippen molar-refractivity contribution in [3.8, 4) is 0 Å². The summed E-state index contributed by atoms with van der Waals surface area (Å²) in [4.78, 5) is 23.7. The fraction of sp³-hybridized carbons (Fsp3) is 0.714. The first-order valence-electron chi connectivity index (χ1n) is 12.9. The Labute approximate surface area is 202 Å². The standard InChI is InChI=1S/C28H47NO4/c1-6-32-26(30)23(2)33-27(31)24-17-19-25(20-18-24)29-22-16-14-12-10-8-7-9-11-13-15-21-28(3,4)5/h17-20,23,29H,6-16,21-22H2,1-5H3. The van der Waals surface area contributed by atoms with Gasteiger partial charge in [0.25, 0.3) is 0 Å². The summed E-state index contributed by atoms with van der Waals surface area (Å²) < 4.78 is 10.00. The van der Waals surface area contributed by atoms with Crippen LogP contribution < -0.4 is 5.32 Å². The average molecular weight is 462 g/mol. The molecule has 0 aromatic heterocycles. The van der Waals surface area contributed by atoms with Gasteiger partial charge in [-0.25, -0.2) is 9.59 Å². The van der Waals surface area contributed by atoms with Crippen molar-refractivity contribution in [1.29, 1.82) is 0 Å². The number of rotatable bonds is 17. The van der Waals surface area contributed by atoms with E-state index in [1.54, 1.807) is 19.1 Å². The van der Waals surface area contributed by atoms with Crippen LogP contribution in [0, 0.1) is 5.41 Å². The smallest absolute Gasteiger partial charge is 0.347 e. The van der Waals surface area contributed by atoms with Crippen LogP contribution in [0.1, 0.15) is 116 Å². The molecule has 0 bridgehead atoms. The number of esters is 2. The summed E-state index contributed by atoms with van der Waals surface area (Å²) in [5, 5.41) is 3.40. The zero-order valence-electron chi connectivity index (χ0n) is 21.7. The number of hydrogen-bond donors (Lipinski definition) is 1. The topological polar surface area (TPSA) is 64.6 Å². The molecule has 1 aromatic rings. The maximum atomic E-state index is 12.1. The van der Waals surface area contributed by atoms with Crippen molar-refractivity contribution in [2.75, 3.05) is 18.5 Å². The summed E-state index contributed by atoms with van der Waals surface area (Å²) in [5.74, 6) is -1.05. The Morgan fingerprint density at radius 2 is 1.36 bits per heavy atom. The lowest BCUT2D eigenvalue weighted by Gasteiger charge is -2.17. The van der Waals surface area contributed by atoms with E-state index >= 15 is 0 Å². The first-order chi connectivity index (χ1) is 15.7. The minimum atomic E-state index is -0.909. The molecule has 0 fully saturated rings. The summed E-state index contributed by atoms with van der Waals surface area (Å²) >= 11 is 0. The molecule has 1 rings (SSSR count). The van der Waals surface area contributed by atoms with E-state index in [4.69, 9.17) is 9.47 Å². The van der Waals surface area contributed by atoms with Crippen molar-refractivity contribution in [3.05, 3.63) is 29.8 Å². The van der Waals surface area contributed by atoms with Gasteiger partial charge in [-0.15, -0.1) is 0 Å². The van der Waals surface area contributed by atoms with Crippen molar-refractivity contribution in [3.63, 3.8) is 0 Å². The normalized spacial score (nSPS) is 12.3. The van der Waals surface area contributed by atoms with Gasteiger partial charge in [0.1, 0.15) is 0 Å². The first-order valence-corrected chi connectivity index (χ1v) is 12.9. The largest absolute Gasteiger partial charge is 0.463 e. The van der Waals surface area contributed by atoms with Gasteiger partial charge in [0.05, 0.1) is 12.2 Å². The Morgan fingerprint density at radius 1 is 0.848 bits per heavy atom. The van der Waals surface area contributed by atoms with Crippen LogP contribution in [-0.4, -0.2) is 31.2 Å². The highest BCUT2D eigenvalue weighted by Gasteiger charge is 2.19. The molecule has 5 nitrogen and oxygen atoms in total. The van der Waals surface area contributed by atoms with Crippen molar-refractivity contribution < 1.29 is 19.1 Å². The van der Waals surface area contributed by atoms with Gasteiger partial charge in [0.15, 0.2) is 6.10 Å². The molecule has 0 radical (unpaired) electrons. The third kappa shape index (κ3) is 14.7. The van der Waals surface area contributed by atoms with Gasteiger partial charge in [0.2, 0.25) is 0 Å². The van der Waals surface area contributed by atoms with E-state index in [2.05, 4.69) is 26.1 Å². The van der Waals surface area contributed by atoms with Crippen LogP contribution in [0.15, 0.2) is 24.3 Å². The maximum absolute atomic E-state index is 12.1. The predicted octanol–water partition coefficient (Wildman–Crippen LogP) is 7.54. The predicted molar refractivity (Wildman–Crippen MR) is 137 cm³/mol. The van der Waals surface area contributed by atoms with Crippen LogP contribution in [0.5, 0.6) is 0 Å². The molecule has 33 heavy (non-hydrogen) atoms. The SMILES string of the molecule is CCOC(=O)C(C)OC(=O)c1ccc(NCCCCCCCCCCCCC(C)(C)C)cc1. The lowest BCUT2D eigenvalue weighted by molar-refractivity contribution is -0.152.